The van der Waals surface area contributed by atoms with Gasteiger partial charge >= 0.3 is 0 Å². The minimum atomic E-state index is 0.721. The molecule has 20 heavy (non-hydrogen) atoms. The highest BCUT2D eigenvalue weighted by Gasteiger charge is 2.09. The second-order valence-corrected chi connectivity index (χ2v) is 5.35. The standard InChI is InChI=1S/C15H20ClN3O/c1-4-7-20-15-8-11(2)14(16)9-12(15)5-6-13-10-19(3)18-17-13/h8-10H,4-7H2,1-3H3. The predicted octanol–water partition coefficient (Wildman–Crippen LogP) is 3.35. The van der Waals surface area contributed by atoms with Gasteiger partial charge in [-0.1, -0.05) is 23.7 Å². The summed E-state index contributed by atoms with van der Waals surface area (Å²) in [5.74, 6) is 0.928. The van der Waals surface area contributed by atoms with Crippen LogP contribution in [0.15, 0.2) is 18.3 Å². The second kappa shape index (κ2) is 6.75. The average Bonchev–Trinajstić information content (AvgIpc) is 2.84. The molecular formula is C15H20ClN3O. The number of hydrogen-bond acceptors (Lipinski definition) is 3. The Balaban J connectivity index is 2.13. The zero-order valence-corrected chi connectivity index (χ0v) is 12.9. The van der Waals surface area contributed by atoms with E-state index in [4.69, 9.17) is 16.3 Å². The van der Waals surface area contributed by atoms with Gasteiger partial charge in [0, 0.05) is 18.3 Å². The number of nitrogens with zero attached hydrogens (tertiary/aromatic N) is 3. The van der Waals surface area contributed by atoms with Crippen LogP contribution < -0.4 is 4.74 Å². The van der Waals surface area contributed by atoms with Gasteiger partial charge in [-0.05, 0) is 49.4 Å². The Morgan fingerprint density at radius 2 is 2.10 bits per heavy atom. The van der Waals surface area contributed by atoms with Gasteiger partial charge in [-0.15, -0.1) is 5.10 Å². The fraction of sp³-hybridized carbons (Fsp3) is 0.467. The summed E-state index contributed by atoms with van der Waals surface area (Å²) in [7, 11) is 1.87. The maximum atomic E-state index is 6.22. The van der Waals surface area contributed by atoms with E-state index in [2.05, 4.69) is 17.2 Å². The molecule has 0 aliphatic carbocycles. The van der Waals surface area contributed by atoms with Crippen molar-refractivity contribution in [3.05, 3.63) is 40.2 Å². The average molecular weight is 294 g/mol. The van der Waals surface area contributed by atoms with E-state index < -0.39 is 0 Å². The topological polar surface area (TPSA) is 39.9 Å². The van der Waals surface area contributed by atoms with Crippen molar-refractivity contribution in [1.82, 2.24) is 15.0 Å². The van der Waals surface area contributed by atoms with Crippen molar-refractivity contribution in [2.45, 2.75) is 33.1 Å². The fourth-order valence-corrected chi connectivity index (χ4v) is 2.20. The van der Waals surface area contributed by atoms with Crippen LogP contribution in [0, 0.1) is 6.92 Å². The molecule has 0 aliphatic heterocycles. The molecule has 2 aromatic rings. The predicted molar refractivity (Wildman–Crippen MR) is 80.4 cm³/mol. The third-order valence-electron chi connectivity index (χ3n) is 3.10. The molecule has 1 heterocycles. The summed E-state index contributed by atoms with van der Waals surface area (Å²) >= 11 is 6.22. The second-order valence-electron chi connectivity index (χ2n) is 4.94. The lowest BCUT2D eigenvalue weighted by Crippen LogP contribution is -2.01. The first-order valence-electron chi connectivity index (χ1n) is 6.87. The molecule has 5 heteroatoms. The Morgan fingerprint density at radius 1 is 1.30 bits per heavy atom. The number of benzene rings is 1. The number of rotatable bonds is 6. The van der Waals surface area contributed by atoms with E-state index in [0.717, 1.165) is 53.5 Å². The lowest BCUT2D eigenvalue weighted by atomic mass is 10.1. The molecule has 108 valence electrons. The molecule has 0 amide bonds. The van der Waals surface area contributed by atoms with Gasteiger partial charge in [0.05, 0.1) is 12.3 Å². The van der Waals surface area contributed by atoms with Crippen molar-refractivity contribution in [1.29, 1.82) is 0 Å². The smallest absolute Gasteiger partial charge is 0.122 e. The van der Waals surface area contributed by atoms with Crippen molar-refractivity contribution in [3.63, 3.8) is 0 Å². The maximum Gasteiger partial charge on any atom is 0.122 e. The molecule has 1 aromatic carbocycles. The van der Waals surface area contributed by atoms with Gasteiger partial charge in [0.25, 0.3) is 0 Å². The molecule has 0 unspecified atom stereocenters. The lowest BCUT2D eigenvalue weighted by Gasteiger charge is -2.12. The summed E-state index contributed by atoms with van der Waals surface area (Å²) < 4.78 is 7.53. The van der Waals surface area contributed by atoms with Gasteiger partial charge in [0.2, 0.25) is 0 Å². The molecule has 0 fully saturated rings. The molecule has 0 bridgehead atoms. The van der Waals surface area contributed by atoms with E-state index >= 15 is 0 Å². The van der Waals surface area contributed by atoms with Crippen molar-refractivity contribution in [2.24, 2.45) is 7.05 Å². The number of aryl methyl sites for hydroxylation is 4. The van der Waals surface area contributed by atoms with Gasteiger partial charge in [-0.25, -0.2) is 0 Å². The molecule has 0 aliphatic rings. The third-order valence-corrected chi connectivity index (χ3v) is 3.51. The van der Waals surface area contributed by atoms with Crippen LogP contribution in [0.1, 0.15) is 30.2 Å². The Morgan fingerprint density at radius 3 is 2.75 bits per heavy atom. The summed E-state index contributed by atoms with van der Waals surface area (Å²) in [5.41, 5.74) is 3.14. The normalized spacial score (nSPS) is 10.8. The first-order valence-corrected chi connectivity index (χ1v) is 7.25. The van der Waals surface area contributed by atoms with Crippen LogP contribution in [-0.4, -0.2) is 21.6 Å². The molecule has 0 spiro atoms. The van der Waals surface area contributed by atoms with E-state index in [9.17, 15) is 0 Å². The minimum Gasteiger partial charge on any atom is -0.493 e. The van der Waals surface area contributed by atoms with E-state index in [1.54, 1.807) is 4.68 Å². The van der Waals surface area contributed by atoms with Gasteiger partial charge < -0.3 is 4.74 Å². The van der Waals surface area contributed by atoms with Crippen LogP contribution in [0.5, 0.6) is 5.75 Å². The molecule has 0 saturated carbocycles. The molecule has 1 aromatic heterocycles. The highest BCUT2D eigenvalue weighted by atomic mass is 35.5. The molecular weight excluding hydrogens is 274 g/mol. The fourth-order valence-electron chi connectivity index (χ4n) is 2.01. The first-order chi connectivity index (χ1) is 9.60. The van der Waals surface area contributed by atoms with Gasteiger partial charge in [0.1, 0.15) is 5.75 Å². The monoisotopic (exact) mass is 293 g/mol. The van der Waals surface area contributed by atoms with Crippen molar-refractivity contribution < 1.29 is 4.74 Å². The van der Waals surface area contributed by atoms with Gasteiger partial charge in [-0.3, -0.25) is 4.68 Å². The SMILES string of the molecule is CCCOc1cc(C)c(Cl)cc1CCc1cn(C)nn1. The quantitative estimate of drug-likeness (QED) is 0.820. The zero-order chi connectivity index (χ0) is 14.5. The zero-order valence-electron chi connectivity index (χ0n) is 12.2. The Labute approximate surface area is 124 Å². The van der Waals surface area contributed by atoms with Crippen LogP contribution in [-0.2, 0) is 19.9 Å². The molecule has 0 radical (unpaired) electrons. The van der Waals surface area contributed by atoms with Crippen LogP contribution >= 0.6 is 11.6 Å². The number of halogens is 1. The Kier molecular flexibility index (Phi) is 5.01. The van der Waals surface area contributed by atoms with E-state index in [0.29, 0.717) is 0 Å². The van der Waals surface area contributed by atoms with E-state index in [1.165, 1.54) is 0 Å². The molecule has 2 rings (SSSR count). The lowest BCUT2D eigenvalue weighted by molar-refractivity contribution is 0.314. The van der Waals surface area contributed by atoms with Crippen LogP contribution in [0.3, 0.4) is 0 Å². The van der Waals surface area contributed by atoms with Gasteiger partial charge in [0.15, 0.2) is 0 Å². The van der Waals surface area contributed by atoms with Crippen LogP contribution in [0.25, 0.3) is 0 Å². The molecule has 0 atom stereocenters. The summed E-state index contributed by atoms with van der Waals surface area (Å²) in [4.78, 5) is 0. The Hall–Kier alpha value is -1.55. The highest BCUT2D eigenvalue weighted by molar-refractivity contribution is 6.31. The summed E-state index contributed by atoms with van der Waals surface area (Å²) in [6, 6.07) is 4.02. The third kappa shape index (κ3) is 3.73. The van der Waals surface area contributed by atoms with Crippen molar-refractivity contribution in [2.75, 3.05) is 6.61 Å². The van der Waals surface area contributed by atoms with E-state index in [-0.39, 0.29) is 0 Å². The van der Waals surface area contributed by atoms with Gasteiger partial charge in [-0.2, -0.15) is 0 Å². The largest absolute Gasteiger partial charge is 0.493 e. The van der Waals surface area contributed by atoms with E-state index in [1.807, 2.05) is 32.3 Å². The highest BCUT2D eigenvalue weighted by Crippen LogP contribution is 2.28. The first kappa shape index (κ1) is 14.9. The molecule has 0 N–H and O–H groups in total. The Bertz CT molecular complexity index is 580. The summed E-state index contributed by atoms with van der Waals surface area (Å²) in [6.45, 7) is 4.81. The molecule has 0 saturated heterocycles. The maximum absolute atomic E-state index is 6.22. The summed E-state index contributed by atoms with van der Waals surface area (Å²) in [5, 5.41) is 8.82. The number of ether oxygens (including phenoxy) is 1. The van der Waals surface area contributed by atoms with Crippen LogP contribution in [0.4, 0.5) is 0 Å². The van der Waals surface area contributed by atoms with Crippen molar-refractivity contribution >= 4 is 11.6 Å². The number of hydrogen-bond donors (Lipinski definition) is 0. The van der Waals surface area contributed by atoms with Crippen molar-refractivity contribution in [3.8, 4) is 5.75 Å². The number of aromatic nitrogens is 3. The van der Waals surface area contributed by atoms with Crippen LogP contribution in [0.2, 0.25) is 5.02 Å². The molecule has 4 nitrogen and oxygen atoms in total. The summed E-state index contributed by atoms with van der Waals surface area (Å²) in [6.07, 6.45) is 4.60. The minimum absolute atomic E-state index is 0.721.